The summed E-state index contributed by atoms with van der Waals surface area (Å²) in [5.74, 6) is -1.88. The first-order chi connectivity index (χ1) is 16.3. The van der Waals surface area contributed by atoms with E-state index in [-0.39, 0.29) is 12.1 Å². The highest BCUT2D eigenvalue weighted by molar-refractivity contribution is 6.53. The summed E-state index contributed by atoms with van der Waals surface area (Å²) in [6.45, 7) is -0.333. The minimum atomic E-state index is -0.769. The number of hydrazone groups is 1. The van der Waals surface area contributed by atoms with Gasteiger partial charge in [0.1, 0.15) is 6.54 Å². The molecular weight excluding hydrogens is 497 g/mol. The largest absolute Gasteiger partial charge is 0.299 e. The lowest BCUT2D eigenvalue weighted by Gasteiger charge is -2.24. The van der Waals surface area contributed by atoms with Crippen molar-refractivity contribution in [3.8, 4) is 0 Å². The van der Waals surface area contributed by atoms with Crippen LogP contribution < -0.4 is 4.90 Å². The number of nitrogens with zero attached hydrogens (tertiary/aromatic N) is 3. The predicted molar refractivity (Wildman–Crippen MR) is 132 cm³/mol. The fraction of sp³-hybridized carbons (Fsp3) is 0.120. The van der Waals surface area contributed by atoms with Crippen molar-refractivity contribution in [1.29, 1.82) is 0 Å². The quantitative estimate of drug-likeness (QED) is 0.430. The Morgan fingerprint density at radius 2 is 1.50 bits per heavy atom. The first kappa shape index (κ1) is 22.6. The normalized spacial score (nSPS) is 17.3. The molecule has 2 aliphatic heterocycles. The number of fused-ring (bicyclic) bond motifs is 1. The van der Waals surface area contributed by atoms with Gasteiger partial charge in [-0.1, -0.05) is 59.1 Å². The molecule has 5 rings (SSSR count). The predicted octanol–water partition coefficient (Wildman–Crippen LogP) is 5.55. The van der Waals surface area contributed by atoms with Crippen molar-refractivity contribution < 1.29 is 14.4 Å². The lowest BCUT2D eigenvalue weighted by atomic mass is 9.98. The maximum atomic E-state index is 13.5. The van der Waals surface area contributed by atoms with Crippen LogP contribution in [-0.4, -0.2) is 34.9 Å². The number of rotatable bonds is 4. The van der Waals surface area contributed by atoms with E-state index in [2.05, 4.69) is 5.10 Å². The molecule has 0 saturated heterocycles. The number of carbonyl (C=O) groups is 3. The summed E-state index contributed by atoms with van der Waals surface area (Å²) in [5, 5.41) is 7.50. The molecule has 0 saturated carbocycles. The van der Waals surface area contributed by atoms with Gasteiger partial charge in [-0.3, -0.25) is 19.3 Å². The number of carbonyl (C=O) groups excluding carboxylic acids is 3. The van der Waals surface area contributed by atoms with Crippen LogP contribution >= 0.6 is 34.8 Å². The SMILES string of the molecule is O=C1C(=O)N(CC(=O)N2N=C(c3ccc(Cl)cc3)CC2c2ccc(Cl)cc2)c2ccc(Cl)cc21. The van der Waals surface area contributed by atoms with Gasteiger partial charge in [0.25, 0.3) is 17.6 Å². The molecule has 9 heteroatoms. The summed E-state index contributed by atoms with van der Waals surface area (Å²) in [4.78, 5) is 39.7. The summed E-state index contributed by atoms with van der Waals surface area (Å²) < 4.78 is 0. The first-order valence-electron chi connectivity index (χ1n) is 10.4. The minimum Gasteiger partial charge on any atom is -0.295 e. The molecule has 2 aliphatic rings. The summed E-state index contributed by atoms with van der Waals surface area (Å²) >= 11 is 18.1. The van der Waals surface area contributed by atoms with Gasteiger partial charge in [-0.25, -0.2) is 5.01 Å². The summed E-state index contributed by atoms with van der Waals surface area (Å²) in [6, 6.07) is 18.6. The fourth-order valence-electron chi connectivity index (χ4n) is 4.14. The second kappa shape index (κ2) is 8.87. The van der Waals surface area contributed by atoms with Crippen LogP contribution in [0.5, 0.6) is 0 Å². The lowest BCUT2D eigenvalue weighted by molar-refractivity contribution is -0.132. The van der Waals surface area contributed by atoms with Crippen molar-refractivity contribution in [3.63, 3.8) is 0 Å². The number of halogens is 3. The molecule has 6 nitrogen and oxygen atoms in total. The van der Waals surface area contributed by atoms with Gasteiger partial charge in [0.05, 0.1) is 23.0 Å². The van der Waals surface area contributed by atoms with E-state index in [1.807, 2.05) is 24.3 Å². The smallest absolute Gasteiger partial charge is 0.295 e. The van der Waals surface area contributed by atoms with Gasteiger partial charge in [0.15, 0.2) is 0 Å². The zero-order valence-corrected chi connectivity index (χ0v) is 19.8. The summed E-state index contributed by atoms with van der Waals surface area (Å²) in [6.07, 6.45) is 0.466. The number of hydrogen-bond acceptors (Lipinski definition) is 4. The van der Waals surface area contributed by atoms with Gasteiger partial charge in [0, 0.05) is 21.5 Å². The van der Waals surface area contributed by atoms with E-state index in [0.29, 0.717) is 32.9 Å². The zero-order valence-electron chi connectivity index (χ0n) is 17.5. The third-order valence-corrected chi connectivity index (χ3v) is 6.56. The molecule has 0 aliphatic carbocycles. The number of hydrogen-bond donors (Lipinski definition) is 0. The standard InChI is InChI=1S/C25H16Cl3N3O3/c26-16-5-1-14(2-6-16)20-12-22(15-3-7-17(27)8-4-15)31(29-20)23(32)13-30-21-10-9-18(28)11-19(21)24(33)25(30)34/h1-11,22H,12-13H2. The van der Waals surface area contributed by atoms with Crippen LogP contribution in [-0.2, 0) is 9.59 Å². The molecule has 0 N–H and O–H groups in total. The van der Waals surface area contributed by atoms with Crippen LogP contribution in [0.3, 0.4) is 0 Å². The van der Waals surface area contributed by atoms with Gasteiger partial charge in [-0.2, -0.15) is 5.10 Å². The van der Waals surface area contributed by atoms with Crippen molar-refractivity contribution in [1.82, 2.24) is 5.01 Å². The van der Waals surface area contributed by atoms with Crippen LogP contribution in [0.2, 0.25) is 15.1 Å². The molecule has 170 valence electrons. The van der Waals surface area contributed by atoms with E-state index in [4.69, 9.17) is 34.8 Å². The van der Waals surface area contributed by atoms with Crippen LogP contribution in [0.4, 0.5) is 5.69 Å². The number of benzene rings is 3. The fourth-order valence-corrected chi connectivity index (χ4v) is 4.56. The Labute approximate surface area is 210 Å². The van der Waals surface area contributed by atoms with Crippen molar-refractivity contribution in [2.45, 2.75) is 12.5 Å². The highest BCUT2D eigenvalue weighted by Crippen LogP contribution is 2.35. The first-order valence-corrected chi connectivity index (χ1v) is 11.5. The molecule has 0 bridgehead atoms. The van der Waals surface area contributed by atoms with Crippen molar-refractivity contribution >= 4 is 63.8 Å². The molecule has 0 aromatic heterocycles. The van der Waals surface area contributed by atoms with Gasteiger partial charge in [-0.05, 0) is 53.6 Å². The van der Waals surface area contributed by atoms with E-state index in [0.717, 1.165) is 11.1 Å². The monoisotopic (exact) mass is 511 g/mol. The molecule has 3 aromatic rings. The van der Waals surface area contributed by atoms with Crippen LogP contribution in [0.15, 0.2) is 71.8 Å². The minimum absolute atomic E-state index is 0.186. The van der Waals surface area contributed by atoms with Crippen molar-refractivity contribution in [2.24, 2.45) is 5.10 Å². The van der Waals surface area contributed by atoms with Crippen LogP contribution in [0, 0.1) is 0 Å². The van der Waals surface area contributed by atoms with E-state index in [1.165, 1.54) is 16.0 Å². The Morgan fingerprint density at radius 3 is 2.18 bits per heavy atom. The van der Waals surface area contributed by atoms with Crippen LogP contribution in [0.25, 0.3) is 0 Å². The Hall–Kier alpha value is -3.19. The Balaban J connectivity index is 1.48. The summed E-state index contributed by atoms with van der Waals surface area (Å²) in [7, 11) is 0. The van der Waals surface area contributed by atoms with E-state index in [1.54, 1.807) is 36.4 Å². The topological polar surface area (TPSA) is 70.1 Å². The molecular formula is C25H16Cl3N3O3. The van der Waals surface area contributed by atoms with Crippen molar-refractivity contribution in [3.05, 3.63) is 98.5 Å². The molecule has 0 radical (unpaired) electrons. The molecule has 3 aromatic carbocycles. The molecule has 0 fully saturated rings. The van der Waals surface area contributed by atoms with Crippen molar-refractivity contribution in [2.75, 3.05) is 11.4 Å². The highest BCUT2D eigenvalue weighted by Gasteiger charge is 2.40. The average molecular weight is 513 g/mol. The number of Topliss-reactive ketones (excluding diaryl/α,β-unsaturated/α-hetero) is 1. The number of ketones is 1. The Morgan fingerprint density at radius 1 is 0.882 bits per heavy atom. The molecule has 2 heterocycles. The molecule has 1 unspecified atom stereocenters. The maximum absolute atomic E-state index is 13.5. The molecule has 0 spiro atoms. The number of anilines is 1. The third-order valence-electron chi connectivity index (χ3n) is 5.82. The van der Waals surface area contributed by atoms with Gasteiger partial charge >= 0.3 is 0 Å². The maximum Gasteiger partial charge on any atom is 0.299 e. The second-order valence-corrected chi connectivity index (χ2v) is 9.25. The van der Waals surface area contributed by atoms with E-state index >= 15 is 0 Å². The molecule has 1 atom stereocenters. The number of amides is 2. The second-order valence-electron chi connectivity index (χ2n) is 7.95. The zero-order chi connectivity index (χ0) is 24.0. The Kier molecular flexibility index (Phi) is 5.90. The van der Waals surface area contributed by atoms with Crippen LogP contribution in [0.1, 0.15) is 33.9 Å². The average Bonchev–Trinajstić information content (AvgIpc) is 3.36. The van der Waals surface area contributed by atoms with Gasteiger partial charge in [0.2, 0.25) is 0 Å². The van der Waals surface area contributed by atoms with Gasteiger partial charge in [-0.15, -0.1) is 0 Å². The third kappa shape index (κ3) is 4.09. The lowest BCUT2D eigenvalue weighted by Crippen LogP contribution is -2.40. The van der Waals surface area contributed by atoms with E-state index < -0.39 is 23.6 Å². The van der Waals surface area contributed by atoms with Gasteiger partial charge < -0.3 is 0 Å². The molecule has 34 heavy (non-hydrogen) atoms. The molecule has 2 amide bonds. The van der Waals surface area contributed by atoms with E-state index in [9.17, 15) is 14.4 Å². The Bertz CT molecular complexity index is 1350. The highest BCUT2D eigenvalue weighted by atomic mass is 35.5. The summed E-state index contributed by atoms with van der Waals surface area (Å²) in [5.41, 5.74) is 2.94.